The second-order valence-corrected chi connectivity index (χ2v) is 6.84. The van der Waals surface area contributed by atoms with Gasteiger partial charge in [0.25, 0.3) is 0 Å². The summed E-state index contributed by atoms with van der Waals surface area (Å²) in [7, 11) is 0. The van der Waals surface area contributed by atoms with E-state index in [0.717, 1.165) is 24.8 Å². The van der Waals surface area contributed by atoms with Gasteiger partial charge in [-0.2, -0.15) is 0 Å². The molecule has 0 spiro atoms. The minimum absolute atomic E-state index is 0.0910. The maximum absolute atomic E-state index is 11.3. The van der Waals surface area contributed by atoms with Crippen LogP contribution in [0.2, 0.25) is 0 Å². The van der Waals surface area contributed by atoms with E-state index < -0.39 is 5.60 Å². The molecule has 0 radical (unpaired) electrons. The van der Waals surface area contributed by atoms with Crippen molar-refractivity contribution in [3.63, 3.8) is 0 Å². The molecule has 3 rings (SSSR count). The first-order valence-corrected chi connectivity index (χ1v) is 7.56. The number of nitrogens with two attached hydrogens (primary N) is 1. The molecule has 1 aromatic carbocycles. The Kier molecular flexibility index (Phi) is 3.20. The van der Waals surface area contributed by atoms with Crippen LogP contribution in [0.1, 0.15) is 42.9 Å². The average Bonchev–Trinajstić information content (AvgIpc) is 2.98. The van der Waals surface area contributed by atoms with Crippen LogP contribution in [0.25, 0.3) is 0 Å². The lowest BCUT2D eigenvalue weighted by Gasteiger charge is -2.46. The van der Waals surface area contributed by atoms with E-state index in [1.165, 1.54) is 11.1 Å². The Morgan fingerprint density at radius 2 is 1.95 bits per heavy atom. The molecule has 3 nitrogen and oxygen atoms in total. The Labute approximate surface area is 121 Å². The Morgan fingerprint density at radius 3 is 2.40 bits per heavy atom. The maximum Gasteiger partial charge on any atom is 0.0962 e. The van der Waals surface area contributed by atoms with Crippen LogP contribution in [0.3, 0.4) is 0 Å². The van der Waals surface area contributed by atoms with Crippen molar-refractivity contribution in [1.29, 1.82) is 0 Å². The van der Waals surface area contributed by atoms with Crippen molar-refractivity contribution in [2.24, 2.45) is 11.1 Å². The second-order valence-electron chi connectivity index (χ2n) is 6.84. The van der Waals surface area contributed by atoms with E-state index in [1.807, 2.05) is 6.92 Å². The lowest BCUT2D eigenvalue weighted by atomic mass is 9.61. The smallest absolute Gasteiger partial charge is 0.0962 e. The van der Waals surface area contributed by atoms with Crippen LogP contribution in [0, 0.1) is 19.3 Å². The summed E-state index contributed by atoms with van der Waals surface area (Å²) in [5.74, 6) is 0. The van der Waals surface area contributed by atoms with Crippen molar-refractivity contribution in [2.45, 2.75) is 57.8 Å². The summed E-state index contributed by atoms with van der Waals surface area (Å²) < 4.78 is 6.01. The molecule has 0 aliphatic carbocycles. The number of hydrogen-bond donors (Lipinski definition) is 2. The first-order valence-electron chi connectivity index (χ1n) is 7.56. The van der Waals surface area contributed by atoms with Crippen LogP contribution in [-0.4, -0.2) is 23.9 Å². The molecule has 4 atom stereocenters. The molecule has 4 unspecified atom stereocenters. The Bertz CT molecular complexity index is 505. The largest absolute Gasteiger partial charge is 0.385 e. The molecular weight excluding hydrogens is 250 g/mol. The molecule has 3 N–H and O–H groups in total. The number of aryl methyl sites for hydroxylation is 2. The predicted octanol–water partition coefficient (Wildman–Crippen LogP) is 2.41. The lowest BCUT2D eigenvalue weighted by Crippen LogP contribution is -2.54. The summed E-state index contributed by atoms with van der Waals surface area (Å²) in [6.07, 6.45) is 3.36. The van der Waals surface area contributed by atoms with Gasteiger partial charge in [-0.25, -0.2) is 0 Å². The number of benzene rings is 1. The first-order chi connectivity index (χ1) is 9.39. The molecule has 0 aromatic heterocycles. The Balaban J connectivity index is 2.05. The highest BCUT2D eigenvalue weighted by Crippen LogP contribution is 2.56. The molecule has 2 fully saturated rings. The van der Waals surface area contributed by atoms with Gasteiger partial charge in [0.2, 0.25) is 0 Å². The lowest BCUT2D eigenvalue weighted by molar-refractivity contribution is -0.105. The molecule has 2 aliphatic heterocycles. The molecule has 0 saturated carbocycles. The molecule has 2 bridgehead atoms. The van der Waals surface area contributed by atoms with Crippen LogP contribution in [0.4, 0.5) is 0 Å². The standard InChI is InChI=1S/C17H25NO2/c1-11-6-12(2)8-13(7-11)16(3,19)17(10-18)9-14-4-5-15(17)20-14/h6-8,14-15,19H,4-5,9-10,18H2,1-3H3. The SMILES string of the molecule is Cc1cc(C)cc(C(C)(O)C2(CN)CC3CCC2O3)c1. The third-order valence-corrected chi connectivity index (χ3v) is 5.43. The number of fused-ring (bicyclic) bond motifs is 2. The van der Waals surface area contributed by atoms with E-state index >= 15 is 0 Å². The van der Waals surface area contributed by atoms with Crippen LogP contribution in [0.15, 0.2) is 18.2 Å². The molecular formula is C17H25NO2. The second kappa shape index (κ2) is 4.55. The summed E-state index contributed by atoms with van der Waals surface area (Å²) in [5.41, 5.74) is 8.14. The highest BCUT2D eigenvalue weighted by molar-refractivity contribution is 5.35. The Morgan fingerprint density at radius 1 is 1.30 bits per heavy atom. The van der Waals surface area contributed by atoms with Crippen LogP contribution < -0.4 is 5.73 Å². The van der Waals surface area contributed by atoms with E-state index in [1.54, 1.807) is 0 Å². The van der Waals surface area contributed by atoms with Gasteiger partial charge in [-0.15, -0.1) is 0 Å². The maximum atomic E-state index is 11.3. The van der Waals surface area contributed by atoms with Crippen molar-refractivity contribution in [3.8, 4) is 0 Å². The quantitative estimate of drug-likeness (QED) is 0.890. The van der Waals surface area contributed by atoms with Crippen LogP contribution in [0.5, 0.6) is 0 Å². The van der Waals surface area contributed by atoms with Crippen molar-refractivity contribution >= 4 is 0 Å². The van der Waals surface area contributed by atoms with E-state index in [2.05, 4.69) is 32.0 Å². The third kappa shape index (κ3) is 1.84. The monoisotopic (exact) mass is 275 g/mol. The molecule has 20 heavy (non-hydrogen) atoms. The van der Waals surface area contributed by atoms with Crippen molar-refractivity contribution < 1.29 is 9.84 Å². The van der Waals surface area contributed by atoms with E-state index in [-0.39, 0.29) is 17.6 Å². The Hall–Kier alpha value is -0.900. The van der Waals surface area contributed by atoms with Gasteiger partial charge in [-0.3, -0.25) is 0 Å². The normalized spacial score (nSPS) is 35.2. The molecule has 1 aromatic rings. The van der Waals surface area contributed by atoms with Crippen LogP contribution >= 0.6 is 0 Å². The zero-order valence-electron chi connectivity index (χ0n) is 12.6. The fraction of sp³-hybridized carbons (Fsp3) is 0.647. The molecule has 110 valence electrons. The minimum atomic E-state index is -0.946. The van der Waals surface area contributed by atoms with E-state index in [0.29, 0.717) is 6.54 Å². The van der Waals surface area contributed by atoms with E-state index in [9.17, 15) is 5.11 Å². The number of ether oxygens (including phenoxy) is 1. The molecule has 3 heteroatoms. The summed E-state index contributed by atoms with van der Waals surface area (Å²) in [6, 6.07) is 6.29. The summed E-state index contributed by atoms with van der Waals surface area (Å²) in [4.78, 5) is 0. The highest BCUT2D eigenvalue weighted by atomic mass is 16.5. The molecule has 0 amide bonds. The summed E-state index contributed by atoms with van der Waals surface area (Å²) in [5, 5.41) is 11.3. The van der Waals surface area contributed by atoms with Gasteiger partial charge in [-0.05, 0) is 45.6 Å². The fourth-order valence-electron chi connectivity index (χ4n) is 4.27. The van der Waals surface area contributed by atoms with Gasteiger partial charge in [0.05, 0.1) is 17.8 Å². The highest BCUT2D eigenvalue weighted by Gasteiger charge is 2.60. The summed E-state index contributed by atoms with van der Waals surface area (Å²) in [6.45, 7) is 6.52. The van der Waals surface area contributed by atoms with Crippen LogP contribution in [-0.2, 0) is 10.3 Å². The van der Waals surface area contributed by atoms with Gasteiger partial charge in [-0.1, -0.05) is 29.3 Å². The topological polar surface area (TPSA) is 55.5 Å². The van der Waals surface area contributed by atoms with Crippen molar-refractivity contribution in [3.05, 3.63) is 34.9 Å². The average molecular weight is 275 g/mol. The molecule has 2 aliphatic rings. The summed E-state index contributed by atoms with van der Waals surface area (Å²) >= 11 is 0. The van der Waals surface area contributed by atoms with Gasteiger partial charge in [0.15, 0.2) is 0 Å². The minimum Gasteiger partial charge on any atom is -0.385 e. The molecule has 2 saturated heterocycles. The number of rotatable bonds is 3. The number of hydrogen-bond acceptors (Lipinski definition) is 3. The van der Waals surface area contributed by atoms with Crippen molar-refractivity contribution in [1.82, 2.24) is 0 Å². The van der Waals surface area contributed by atoms with Crippen molar-refractivity contribution in [2.75, 3.05) is 6.54 Å². The zero-order valence-corrected chi connectivity index (χ0v) is 12.6. The predicted molar refractivity (Wildman–Crippen MR) is 79.5 cm³/mol. The fourth-order valence-corrected chi connectivity index (χ4v) is 4.27. The van der Waals surface area contributed by atoms with Gasteiger partial charge in [0, 0.05) is 12.0 Å². The third-order valence-electron chi connectivity index (χ3n) is 5.43. The zero-order chi connectivity index (χ0) is 14.5. The number of aliphatic hydroxyl groups is 1. The molecule has 2 heterocycles. The van der Waals surface area contributed by atoms with Gasteiger partial charge >= 0.3 is 0 Å². The first kappa shape index (κ1) is 14.1. The van der Waals surface area contributed by atoms with Gasteiger partial charge < -0.3 is 15.6 Å². The van der Waals surface area contributed by atoms with Gasteiger partial charge in [0.1, 0.15) is 0 Å². The van der Waals surface area contributed by atoms with E-state index in [4.69, 9.17) is 10.5 Å².